The fraction of sp³-hybridized carbons (Fsp3) is 0.650. The van der Waals surface area contributed by atoms with Gasteiger partial charge in [0.1, 0.15) is 0 Å². The van der Waals surface area contributed by atoms with E-state index < -0.39 is 0 Å². The van der Waals surface area contributed by atoms with E-state index >= 15 is 0 Å². The van der Waals surface area contributed by atoms with Gasteiger partial charge in [0.2, 0.25) is 6.08 Å². The zero-order chi connectivity index (χ0) is 15.8. The molecule has 0 amide bonds. The highest BCUT2D eigenvalue weighted by Crippen LogP contribution is 2.49. The summed E-state index contributed by atoms with van der Waals surface area (Å²) in [6.45, 7) is 7.11. The SMILES string of the molecule is CC(C)(C)C1CCC(c2ccc(C3(N=C=O)CC3)cc2)CC1. The van der Waals surface area contributed by atoms with Crippen LogP contribution in [-0.4, -0.2) is 6.08 Å². The van der Waals surface area contributed by atoms with Gasteiger partial charge in [-0.05, 0) is 66.9 Å². The second-order valence-electron chi connectivity index (χ2n) is 8.27. The Morgan fingerprint density at radius 1 is 1.05 bits per heavy atom. The molecule has 0 bridgehead atoms. The molecule has 2 fully saturated rings. The highest BCUT2D eigenvalue weighted by atomic mass is 16.1. The molecule has 3 rings (SSSR count). The molecule has 0 saturated heterocycles. The molecule has 0 atom stereocenters. The number of isocyanates is 1. The summed E-state index contributed by atoms with van der Waals surface area (Å²) in [5, 5.41) is 0. The lowest BCUT2D eigenvalue weighted by atomic mass is 9.68. The van der Waals surface area contributed by atoms with Gasteiger partial charge in [0, 0.05) is 0 Å². The molecule has 0 aromatic heterocycles. The highest BCUT2D eigenvalue weighted by Gasteiger charge is 2.44. The molecule has 1 aromatic carbocycles. The summed E-state index contributed by atoms with van der Waals surface area (Å²) in [6.07, 6.45) is 9.00. The Labute approximate surface area is 134 Å². The Hall–Kier alpha value is -1.40. The minimum absolute atomic E-state index is 0.232. The maximum atomic E-state index is 10.6. The van der Waals surface area contributed by atoms with Crippen LogP contribution in [0.3, 0.4) is 0 Å². The first kappa shape index (κ1) is 15.5. The number of hydrogen-bond acceptors (Lipinski definition) is 2. The van der Waals surface area contributed by atoms with E-state index in [0.717, 1.165) is 18.8 Å². The van der Waals surface area contributed by atoms with Crippen LogP contribution in [0.25, 0.3) is 0 Å². The molecule has 2 nitrogen and oxygen atoms in total. The van der Waals surface area contributed by atoms with Gasteiger partial charge in [-0.15, -0.1) is 0 Å². The van der Waals surface area contributed by atoms with E-state index in [1.54, 1.807) is 6.08 Å². The van der Waals surface area contributed by atoms with Crippen LogP contribution in [0.15, 0.2) is 29.3 Å². The van der Waals surface area contributed by atoms with Crippen LogP contribution in [0.2, 0.25) is 0 Å². The lowest BCUT2D eigenvalue weighted by Crippen LogP contribution is -2.25. The largest absolute Gasteiger partial charge is 0.235 e. The minimum Gasteiger partial charge on any atom is -0.211 e. The standard InChI is InChI=1S/C20H27NO/c1-19(2,3)17-8-4-15(5-9-17)16-6-10-18(11-7-16)20(12-13-20)21-14-22/h6-7,10-11,15,17H,4-5,8-9,12-13H2,1-3H3. The van der Waals surface area contributed by atoms with E-state index in [9.17, 15) is 4.79 Å². The predicted molar refractivity (Wildman–Crippen MR) is 89.6 cm³/mol. The van der Waals surface area contributed by atoms with Crippen LogP contribution in [0.1, 0.15) is 76.3 Å². The molecule has 2 heteroatoms. The maximum absolute atomic E-state index is 10.6. The van der Waals surface area contributed by atoms with E-state index in [0.29, 0.717) is 11.3 Å². The van der Waals surface area contributed by atoms with Crippen molar-refractivity contribution < 1.29 is 4.79 Å². The van der Waals surface area contributed by atoms with Gasteiger partial charge in [-0.1, -0.05) is 45.0 Å². The van der Waals surface area contributed by atoms with Crippen molar-refractivity contribution >= 4 is 6.08 Å². The molecule has 0 aliphatic heterocycles. The molecule has 2 aliphatic rings. The van der Waals surface area contributed by atoms with E-state index in [-0.39, 0.29) is 5.54 Å². The molecule has 0 unspecified atom stereocenters. The molecule has 118 valence electrons. The van der Waals surface area contributed by atoms with Crippen LogP contribution in [0.4, 0.5) is 0 Å². The molecule has 2 aliphatic carbocycles. The minimum atomic E-state index is -0.232. The molecular formula is C20H27NO. The van der Waals surface area contributed by atoms with Gasteiger partial charge in [0.15, 0.2) is 0 Å². The smallest absolute Gasteiger partial charge is 0.211 e. The van der Waals surface area contributed by atoms with Crippen molar-refractivity contribution in [1.82, 2.24) is 0 Å². The predicted octanol–water partition coefficient (Wildman–Crippen LogP) is 5.33. The normalized spacial score (nSPS) is 27.0. The van der Waals surface area contributed by atoms with Crippen LogP contribution in [0.5, 0.6) is 0 Å². The summed E-state index contributed by atoms with van der Waals surface area (Å²) < 4.78 is 0. The average molecular weight is 297 g/mol. The average Bonchev–Trinajstić information content (AvgIpc) is 3.28. The van der Waals surface area contributed by atoms with Crippen LogP contribution < -0.4 is 0 Å². The summed E-state index contributed by atoms with van der Waals surface area (Å²) in [5.74, 6) is 1.57. The molecule has 0 N–H and O–H groups in total. The molecule has 0 radical (unpaired) electrons. The monoisotopic (exact) mass is 297 g/mol. The third-order valence-corrected chi connectivity index (χ3v) is 5.85. The zero-order valence-electron chi connectivity index (χ0n) is 14.1. The Bertz CT molecular complexity index is 563. The second kappa shape index (κ2) is 5.66. The van der Waals surface area contributed by atoms with E-state index in [2.05, 4.69) is 50.0 Å². The van der Waals surface area contributed by atoms with E-state index in [1.165, 1.54) is 36.8 Å². The molecular weight excluding hydrogens is 270 g/mol. The highest BCUT2D eigenvalue weighted by molar-refractivity contribution is 5.42. The van der Waals surface area contributed by atoms with Crippen molar-refractivity contribution in [3.05, 3.63) is 35.4 Å². The molecule has 0 spiro atoms. The van der Waals surface area contributed by atoms with Crippen molar-refractivity contribution in [3.8, 4) is 0 Å². The summed E-state index contributed by atoms with van der Waals surface area (Å²) in [6, 6.07) is 8.88. The number of hydrogen-bond donors (Lipinski definition) is 0. The number of aliphatic imine (C=N–C) groups is 1. The summed E-state index contributed by atoms with van der Waals surface area (Å²) in [5.41, 5.74) is 2.86. The maximum Gasteiger partial charge on any atom is 0.235 e. The fourth-order valence-electron chi connectivity index (χ4n) is 4.03. The number of rotatable bonds is 3. The van der Waals surface area contributed by atoms with E-state index in [1.807, 2.05) is 0 Å². The Morgan fingerprint density at radius 3 is 2.09 bits per heavy atom. The first-order valence-corrected chi connectivity index (χ1v) is 8.64. The van der Waals surface area contributed by atoms with Gasteiger partial charge in [-0.25, -0.2) is 4.79 Å². The van der Waals surface area contributed by atoms with Crippen LogP contribution in [0, 0.1) is 11.3 Å². The topological polar surface area (TPSA) is 29.4 Å². The third-order valence-electron chi connectivity index (χ3n) is 5.85. The molecule has 2 saturated carbocycles. The Kier molecular flexibility index (Phi) is 3.99. The quantitative estimate of drug-likeness (QED) is 0.547. The molecule has 0 heterocycles. The van der Waals surface area contributed by atoms with Crippen molar-refractivity contribution in [3.63, 3.8) is 0 Å². The Balaban J connectivity index is 1.66. The third kappa shape index (κ3) is 3.03. The van der Waals surface area contributed by atoms with Gasteiger partial charge in [0.25, 0.3) is 0 Å². The van der Waals surface area contributed by atoms with Crippen LogP contribution in [-0.2, 0) is 10.3 Å². The van der Waals surface area contributed by atoms with E-state index in [4.69, 9.17) is 0 Å². The number of nitrogens with zero attached hydrogens (tertiary/aromatic N) is 1. The molecule has 22 heavy (non-hydrogen) atoms. The second-order valence-corrected chi connectivity index (χ2v) is 8.27. The fourth-order valence-corrected chi connectivity index (χ4v) is 4.03. The van der Waals surface area contributed by atoms with Crippen molar-refractivity contribution in [2.24, 2.45) is 16.3 Å². The van der Waals surface area contributed by atoms with Crippen molar-refractivity contribution in [2.75, 3.05) is 0 Å². The van der Waals surface area contributed by atoms with Gasteiger partial charge >= 0.3 is 0 Å². The first-order chi connectivity index (χ1) is 10.4. The summed E-state index contributed by atoms with van der Waals surface area (Å²) in [4.78, 5) is 14.6. The first-order valence-electron chi connectivity index (χ1n) is 8.64. The van der Waals surface area contributed by atoms with Crippen molar-refractivity contribution in [1.29, 1.82) is 0 Å². The number of carbonyl (C=O) groups excluding carboxylic acids is 1. The Morgan fingerprint density at radius 2 is 1.64 bits per heavy atom. The van der Waals surface area contributed by atoms with Crippen LogP contribution >= 0.6 is 0 Å². The van der Waals surface area contributed by atoms with Gasteiger partial charge in [0.05, 0.1) is 5.54 Å². The number of benzene rings is 1. The van der Waals surface area contributed by atoms with Crippen molar-refractivity contribution in [2.45, 2.75) is 70.8 Å². The van der Waals surface area contributed by atoms with Gasteiger partial charge in [-0.3, -0.25) is 0 Å². The van der Waals surface area contributed by atoms with Gasteiger partial charge in [-0.2, -0.15) is 4.99 Å². The summed E-state index contributed by atoms with van der Waals surface area (Å²) in [7, 11) is 0. The lowest BCUT2D eigenvalue weighted by molar-refractivity contribution is 0.169. The summed E-state index contributed by atoms with van der Waals surface area (Å²) >= 11 is 0. The zero-order valence-corrected chi connectivity index (χ0v) is 14.1. The van der Waals surface area contributed by atoms with Gasteiger partial charge < -0.3 is 0 Å². The lowest BCUT2D eigenvalue weighted by Gasteiger charge is -2.37. The molecule has 1 aromatic rings.